The average molecular weight is 252 g/mol. The van der Waals surface area contributed by atoms with E-state index in [0.717, 1.165) is 37.0 Å². The first-order chi connectivity index (χ1) is 8.70. The van der Waals surface area contributed by atoms with Gasteiger partial charge in [0.2, 0.25) is 0 Å². The summed E-state index contributed by atoms with van der Waals surface area (Å²) in [5.41, 5.74) is 0.986. The Hall–Kier alpha value is -0.940. The molecule has 1 fully saturated rings. The summed E-state index contributed by atoms with van der Waals surface area (Å²) >= 11 is 0. The molecule has 1 aromatic rings. The number of hydrogen-bond acceptors (Lipinski definition) is 4. The van der Waals surface area contributed by atoms with Gasteiger partial charge in [-0.2, -0.15) is 0 Å². The Morgan fingerprint density at radius 1 is 1.44 bits per heavy atom. The van der Waals surface area contributed by atoms with Gasteiger partial charge in [0.1, 0.15) is 0 Å². The molecular weight excluding hydrogens is 228 g/mol. The van der Waals surface area contributed by atoms with E-state index in [-0.39, 0.29) is 6.61 Å². The lowest BCUT2D eigenvalue weighted by Gasteiger charge is -2.18. The molecule has 3 unspecified atom stereocenters. The number of rotatable bonds is 6. The Morgan fingerprint density at radius 2 is 2.28 bits per heavy atom. The molecular formula is C13H24N4O. The Morgan fingerprint density at radius 3 is 2.94 bits per heavy atom. The van der Waals surface area contributed by atoms with E-state index in [1.807, 2.05) is 6.20 Å². The van der Waals surface area contributed by atoms with E-state index < -0.39 is 0 Å². The van der Waals surface area contributed by atoms with Gasteiger partial charge in [-0.15, -0.1) is 5.10 Å². The summed E-state index contributed by atoms with van der Waals surface area (Å²) in [5, 5.41) is 20.5. The van der Waals surface area contributed by atoms with Gasteiger partial charge in [0, 0.05) is 31.9 Å². The van der Waals surface area contributed by atoms with E-state index in [1.165, 1.54) is 12.8 Å². The highest BCUT2D eigenvalue weighted by atomic mass is 16.3. The van der Waals surface area contributed by atoms with Crippen molar-refractivity contribution in [2.24, 2.45) is 11.8 Å². The third-order valence-electron chi connectivity index (χ3n) is 4.14. The molecule has 0 spiro atoms. The first-order valence-corrected chi connectivity index (χ1v) is 6.94. The summed E-state index contributed by atoms with van der Waals surface area (Å²) < 4.78 is 1.80. The summed E-state index contributed by atoms with van der Waals surface area (Å²) in [5.74, 6) is 1.57. The molecule has 5 heteroatoms. The molecule has 1 aromatic heterocycles. The van der Waals surface area contributed by atoms with Crippen molar-refractivity contribution in [3.8, 4) is 0 Å². The molecule has 102 valence electrons. The van der Waals surface area contributed by atoms with E-state index >= 15 is 0 Å². The van der Waals surface area contributed by atoms with Crippen molar-refractivity contribution in [3.05, 3.63) is 11.9 Å². The summed E-state index contributed by atoms with van der Waals surface area (Å²) in [6.45, 7) is 6.39. The standard InChI is InChI=1S/C13H24N4O/c1-10-4-5-13(11(10)2)14-8-12-9-17(16-15-12)6-3-7-18/h9-11,13-14,18H,3-8H2,1-2H3. The molecule has 1 heterocycles. The summed E-state index contributed by atoms with van der Waals surface area (Å²) in [6.07, 6.45) is 5.28. The van der Waals surface area contributed by atoms with Crippen LogP contribution in [-0.2, 0) is 13.1 Å². The lowest BCUT2D eigenvalue weighted by Crippen LogP contribution is -2.32. The lowest BCUT2D eigenvalue weighted by molar-refractivity contribution is 0.276. The second-order valence-corrected chi connectivity index (χ2v) is 5.45. The first kappa shape index (κ1) is 13.5. The van der Waals surface area contributed by atoms with Gasteiger partial charge in [0.25, 0.3) is 0 Å². The van der Waals surface area contributed by atoms with Crippen LogP contribution in [0, 0.1) is 11.8 Å². The second kappa shape index (κ2) is 6.29. The highest BCUT2D eigenvalue weighted by molar-refractivity contribution is 4.94. The van der Waals surface area contributed by atoms with Crippen molar-refractivity contribution in [2.75, 3.05) is 6.61 Å². The van der Waals surface area contributed by atoms with Gasteiger partial charge in [0.05, 0.1) is 5.69 Å². The van der Waals surface area contributed by atoms with Crippen molar-refractivity contribution in [1.82, 2.24) is 20.3 Å². The van der Waals surface area contributed by atoms with Gasteiger partial charge in [-0.1, -0.05) is 19.1 Å². The van der Waals surface area contributed by atoms with Crippen LogP contribution in [0.4, 0.5) is 0 Å². The Labute approximate surface area is 109 Å². The van der Waals surface area contributed by atoms with Crippen LogP contribution in [-0.4, -0.2) is 32.7 Å². The Balaban J connectivity index is 1.78. The van der Waals surface area contributed by atoms with Crippen LogP contribution >= 0.6 is 0 Å². The largest absolute Gasteiger partial charge is 0.396 e. The number of nitrogens with one attached hydrogen (secondary N) is 1. The summed E-state index contributed by atoms with van der Waals surface area (Å²) in [6, 6.07) is 0.614. The molecule has 3 atom stereocenters. The quantitative estimate of drug-likeness (QED) is 0.798. The monoisotopic (exact) mass is 252 g/mol. The predicted molar refractivity (Wildman–Crippen MR) is 69.9 cm³/mol. The van der Waals surface area contributed by atoms with Crippen LogP contribution in [0.5, 0.6) is 0 Å². The molecule has 0 aromatic carbocycles. The SMILES string of the molecule is CC1CCC(NCc2cn(CCCO)nn2)C1C. The Kier molecular flexibility index (Phi) is 4.72. The summed E-state index contributed by atoms with van der Waals surface area (Å²) in [7, 11) is 0. The minimum absolute atomic E-state index is 0.199. The van der Waals surface area contributed by atoms with Crippen LogP contribution < -0.4 is 5.32 Å². The normalized spacial score (nSPS) is 27.8. The van der Waals surface area contributed by atoms with E-state index in [0.29, 0.717) is 6.04 Å². The maximum Gasteiger partial charge on any atom is 0.0964 e. The maximum absolute atomic E-state index is 8.76. The zero-order valence-corrected chi connectivity index (χ0v) is 11.3. The van der Waals surface area contributed by atoms with Gasteiger partial charge in [-0.3, -0.25) is 4.68 Å². The van der Waals surface area contributed by atoms with Gasteiger partial charge in [0.15, 0.2) is 0 Å². The fraction of sp³-hybridized carbons (Fsp3) is 0.846. The molecule has 0 aliphatic heterocycles. The van der Waals surface area contributed by atoms with Crippen molar-refractivity contribution < 1.29 is 5.11 Å². The number of aliphatic hydroxyl groups is 1. The van der Waals surface area contributed by atoms with Crippen LogP contribution in [0.25, 0.3) is 0 Å². The van der Waals surface area contributed by atoms with E-state index in [9.17, 15) is 0 Å². The first-order valence-electron chi connectivity index (χ1n) is 6.94. The molecule has 0 amide bonds. The molecule has 2 rings (SSSR count). The molecule has 0 radical (unpaired) electrons. The third kappa shape index (κ3) is 3.29. The molecule has 1 aliphatic rings. The van der Waals surface area contributed by atoms with Gasteiger partial charge in [-0.05, 0) is 31.1 Å². The molecule has 2 N–H and O–H groups in total. The maximum atomic E-state index is 8.76. The zero-order valence-electron chi connectivity index (χ0n) is 11.3. The number of aryl methyl sites for hydroxylation is 1. The minimum Gasteiger partial charge on any atom is -0.396 e. The predicted octanol–water partition coefficient (Wildman–Crippen LogP) is 1.18. The molecule has 0 bridgehead atoms. The molecule has 0 saturated heterocycles. The van der Waals surface area contributed by atoms with Crippen LogP contribution in [0.3, 0.4) is 0 Å². The number of aromatic nitrogens is 3. The van der Waals surface area contributed by atoms with E-state index in [4.69, 9.17) is 5.11 Å². The molecule has 1 saturated carbocycles. The smallest absolute Gasteiger partial charge is 0.0964 e. The van der Waals surface area contributed by atoms with E-state index in [2.05, 4.69) is 29.5 Å². The van der Waals surface area contributed by atoms with Crippen molar-refractivity contribution >= 4 is 0 Å². The van der Waals surface area contributed by atoms with Gasteiger partial charge in [-0.25, -0.2) is 0 Å². The average Bonchev–Trinajstić information content (AvgIpc) is 2.94. The second-order valence-electron chi connectivity index (χ2n) is 5.45. The number of nitrogens with zero attached hydrogens (tertiary/aromatic N) is 3. The zero-order chi connectivity index (χ0) is 13.0. The van der Waals surface area contributed by atoms with E-state index in [1.54, 1.807) is 4.68 Å². The fourth-order valence-corrected chi connectivity index (χ4v) is 2.65. The Bertz CT molecular complexity index is 366. The van der Waals surface area contributed by atoms with Crippen LogP contribution in [0.15, 0.2) is 6.20 Å². The van der Waals surface area contributed by atoms with Gasteiger partial charge >= 0.3 is 0 Å². The molecule has 5 nitrogen and oxygen atoms in total. The number of hydrogen-bond donors (Lipinski definition) is 2. The minimum atomic E-state index is 0.199. The van der Waals surface area contributed by atoms with Crippen molar-refractivity contribution in [1.29, 1.82) is 0 Å². The highest BCUT2D eigenvalue weighted by Gasteiger charge is 2.29. The van der Waals surface area contributed by atoms with Crippen molar-refractivity contribution in [3.63, 3.8) is 0 Å². The summed E-state index contributed by atoms with van der Waals surface area (Å²) in [4.78, 5) is 0. The molecule has 1 aliphatic carbocycles. The molecule has 18 heavy (non-hydrogen) atoms. The third-order valence-corrected chi connectivity index (χ3v) is 4.14. The van der Waals surface area contributed by atoms with Crippen LogP contribution in [0.2, 0.25) is 0 Å². The van der Waals surface area contributed by atoms with Crippen LogP contribution in [0.1, 0.15) is 38.8 Å². The number of aliphatic hydroxyl groups excluding tert-OH is 1. The van der Waals surface area contributed by atoms with Gasteiger partial charge < -0.3 is 10.4 Å². The van der Waals surface area contributed by atoms with Crippen molar-refractivity contribution in [2.45, 2.75) is 52.2 Å². The highest BCUT2D eigenvalue weighted by Crippen LogP contribution is 2.31. The lowest BCUT2D eigenvalue weighted by atomic mass is 9.98. The fourth-order valence-electron chi connectivity index (χ4n) is 2.65. The topological polar surface area (TPSA) is 63.0 Å².